The maximum atomic E-state index is 12.3. The van der Waals surface area contributed by atoms with E-state index < -0.39 is 16.0 Å². The predicted octanol–water partition coefficient (Wildman–Crippen LogP) is 2.77. The first kappa shape index (κ1) is 18.2. The number of benzene rings is 2. The van der Waals surface area contributed by atoms with Crippen molar-refractivity contribution >= 4 is 21.7 Å². The van der Waals surface area contributed by atoms with E-state index in [2.05, 4.69) is 5.10 Å². The zero-order valence-electron chi connectivity index (χ0n) is 15.1. The Morgan fingerprint density at radius 1 is 1.04 bits per heavy atom. The Bertz CT molecular complexity index is 1060. The lowest BCUT2D eigenvalue weighted by molar-refractivity contribution is 0.0472. The first-order valence-corrected chi connectivity index (χ1v) is 10.5. The number of esters is 1. The van der Waals surface area contributed by atoms with Crippen molar-refractivity contribution in [2.75, 3.05) is 16.6 Å². The van der Waals surface area contributed by atoms with E-state index in [4.69, 9.17) is 4.74 Å². The van der Waals surface area contributed by atoms with Gasteiger partial charge in [-0.05, 0) is 54.4 Å². The van der Waals surface area contributed by atoms with Crippen molar-refractivity contribution in [3.8, 4) is 5.69 Å². The van der Waals surface area contributed by atoms with Gasteiger partial charge in [0.15, 0.2) is 0 Å². The monoisotopic (exact) mass is 397 g/mol. The van der Waals surface area contributed by atoms with Crippen molar-refractivity contribution in [2.45, 2.75) is 13.0 Å². The van der Waals surface area contributed by atoms with Crippen LogP contribution in [0.25, 0.3) is 5.69 Å². The van der Waals surface area contributed by atoms with Crippen LogP contribution in [0, 0.1) is 0 Å². The number of ether oxygens (including phenoxy) is 1. The third kappa shape index (κ3) is 3.77. The molecule has 3 aromatic rings. The van der Waals surface area contributed by atoms with Gasteiger partial charge in [-0.2, -0.15) is 5.10 Å². The normalized spacial score (nSPS) is 15.5. The van der Waals surface area contributed by atoms with Gasteiger partial charge >= 0.3 is 5.97 Å². The number of sulfonamides is 1. The van der Waals surface area contributed by atoms with Crippen LogP contribution in [0.3, 0.4) is 0 Å². The SMILES string of the molecule is O=C(OCc1ccc(-n2cccn2)cc1)c1ccc(N2CCCS2(=O)=O)cc1. The molecule has 0 saturated carbocycles. The molecule has 1 aromatic heterocycles. The second-order valence-electron chi connectivity index (χ2n) is 6.48. The van der Waals surface area contributed by atoms with Crippen LogP contribution < -0.4 is 4.31 Å². The highest BCUT2D eigenvalue weighted by atomic mass is 32.2. The first-order valence-electron chi connectivity index (χ1n) is 8.89. The standard InChI is InChI=1S/C20H19N3O4S/c24-20(17-5-9-19(10-6-17)23-13-2-14-28(23,25)26)27-15-16-3-7-18(8-4-16)22-12-1-11-21-22/h1,3-12H,2,13-15H2. The first-order chi connectivity index (χ1) is 13.5. The summed E-state index contributed by atoms with van der Waals surface area (Å²) in [6, 6.07) is 15.9. The van der Waals surface area contributed by atoms with Crippen LogP contribution in [0.1, 0.15) is 22.3 Å². The summed E-state index contributed by atoms with van der Waals surface area (Å²) in [6.07, 6.45) is 4.18. The third-order valence-corrected chi connectivity index (χ3v) is 6.44. The summed E-state index contributed by atoms with van der Waals surface area (Å²) in [5.74, 6) is -0.289. The summed E-state index contributed by atoms with van der Waals surface area (Å²) < 4.78 is 32.4. The van der Waals surface area contributed by atoms with Crippen LogP contribution in [0.5, 0.6) is 0 Å². The lowest BCUT2D eigenvalue weighted by Crippen LogP contribution is -2.25. The molecule has 28 heavy (non-hydrogen) atoms. The lowest BCUT2D eigenvalue weighted by atomic mass is 10.2. The molecule has 2 heterocycles. The van der Waals surface area contributed by atoms with Gasteiger partial charge < -0.3 is 4.74 Å². The Kier molecular flexibility index (Phi) is 4.87. The van der Waals surface area contributed by atoms with Crippen LogP contribution in [0.4, 0.5) is 5.69 Å². The number of rotatable bonds is 5. The number of carbonyl (C=O) groups excluding carboxylic acids is 1. The second-order valence-corrected chi connectivity index (χ2v) is 8.49. The van der Waals surface area contributed by atoms with Gasteiger partial charge in [0.2, 0.25) is 10.0 Å². The van der Waals surface area contributed by atoms with Crippen molar-refractivity contribution < 1.29 is 17.9 Å². The number of nitrogens with zero attached hydrogens (tertiary/aromatic N) is 3. The summed E-state index contributed by atoms with van der Waals surface area (Å²) in [4.78, 5) is 12.3. The minimum absolute atomic E-state index is 0.153. The van der Waals surface area contributed by atoms with Gasteiger partial charge in [0, 0.05) is 18.9 Å². The molecular formula is C20H19N3O4S. The molecule has 0 bridgehead atoms. The lowest BCUT2D eigenvalue weighted by Gasteiger charge is -2.16. The Morgan fingerprint density at radius 3 is 2.36 bits per heavy atom. The van der Waals surface area contributed by atoms with Crippen LogP contribution >= 0.6 is 0 Å². The molecule has 0 unspecified atom stereocenters. The van der Waals surface area contributed by atoms with Crippen LogP contribution in [0.2, 0.25) is 0 Å². The van der Waals surface area contributed by atoms with Crippen molar-refractivity contribution in [3.05, 3.63) is 78.1 Å². The molecule has 0 radical (unpaired) electrons. The average molecular weight is 397 g/mol. The Hall–Kier alpha value is -3.13. The van der Waals surface area contributed by atoms with Crippen molar-refractivity contribution in [1.82, 2.24) is 9.78 Å². The largest absolute Gasteiger partial charge is 0.457 e. The van der Waals surface area contributed by atoms with Gasteiger partial charge in [-0.15, -0.1) is 0 Å². The van der Waals surface area contributed by atoms with E-state index in [1.807, 2.05) is 36.5 Å². The summed E-state index contributed by atoms with van der Waals surface area (Å²) in [7, 11) is -3.23. The van der Waals surface area contributed by atoms with Gasteiger partial charge in [0.05, 0.1) is 22.7 Å². The third-order valence-electron chi connectivity index (χ3n) is 4.57. The summed E-state index contributed by atoms with van der Waals surface area (Å²) in [6.45, 7) is 0.626. The van der Waals surface area contributed by atoms with E-state index in [1.54, 1.807) is 35.1 Å². The van der Waals surface area contributed by atoms with E-state index in [9.17, 15) is 13.2 Å². The molecule has 0 spiro atoms. The number of carbonyl (C=O) groups is 1. The summed E-state index contributed by atoms with van der Waals surface area (Å²) in [5, 5.41) is 4.16. The van der Waals surface area contributed by atoms with Gasteiger partial charge in [-0.1, -0.05) is 12.1 Å². The number of hydrogen-bond donors (Lipinski definition) is 0. The highest BCUT2D eigenvalue weighted by Crippen LogP contribution is 2.24. The topological polar surface area (TPSA) is 81.5 Å². The molecule has 4 rings (SSSR count). The van der Waals surface area contributed by atoms with E-state index >= 15 is 0 Å². The molecule has 1 saturated heterocycles. The van der Waals surface area contributed by atoms with Crippen molar-refractivity contribution in [1.29, 1.82) is 0 Å². The Labute approximate surface area is 163 Å². The molecule has 0 amide bonds. The van der Waals surface area contributed by atoms with E-state index in [0.717, 1.165) is 11.3 Å². The molecular weight excluding hydrogens is 378 g/mol. The van der Waals surface area contributed by atoms with E-state index in [-0.39, 0.29) is 12.4 Å². The molecule has 1 aliphatic heterocycles. The average Bonchev–Trinajstić information content (AvgIpc) is 3.36. The molecule has 144 valence electrons. The fraction of sp³-hybridized carbons (Fsp3) is 0.200. The molecule has 1 fully saturated rings. The van der Waals surface area contributed by atoms with Gasteiger partial charge in [-0.25, -0.2) is 17.9 Å². The summed E-state index contributed by atoms with van der Waals surface area (Å²) >= 11 is 0. The second kappa shape index (κ2) is 7.47. The molecule has 2 aromatic carbocycles. The van der Waals surface area contributed by atoms with Gasteiger partial charge in [0.25, 0.3) is 0 Å². The minimum Gasteiger partial charge on any atom is -0.457 e. The highest BCUT2D eigenvalue weighted by molar-refractivity contribution is 7.93. The zero-order valence-corrected chi connectivity index (χ0v) is 15.9. The van der Waals surface area contributed by atoms with Gasteiger partial charge in [0.1, 0.15) is 6.61 Å². The molecule has 0 N–H and O–H groups in total. The zero-order chi connectivity index (χ0) is 19.6. The van der Waals surface area contributed by atoms with E-state index in [1.165, 1.54) is 4.31 Å². The fourth-order valence-corrected chi connectivity index (χ4v) is 4.66. The number of anilines is 1. The quantitative estimate of drug-likeness (QED) is 0.619. The van der Waals surface area contributed by atoms with Crippen LogP contribution in [-0.4, -0.2) is 36.5 Å². The molecule has 1 aliphatic rings. The van der Waals surface area contributed by atoms with Crippen LogP contribution in [-0.2, 0) is 21.4 Å². The van der Waals surface area contributed by atoms with Crippen LogP contribution in [0.15, 0.2) is 67.0 Å². The van der Waals surface area contributed by atoms with Gasteiger partial charge in [-0.3, -0.25) is 4.31 Å². The highest BCUT2D eigenvalue weighted by Gasteiger charge is 2.28. The Balaban J connectivity index is 1.37. The smallest absolute Gasteiger partial charge is 0.338 e. The minimum atomic E-state index is -3.23. The molecule has 0 atom stereocenters. The number of aromatic nitrogens is 2. The molecule has 8 heteroatoms. The molecule has 0 aliphatic carbocycles. The molecule has 7 nitrogen and oxygen atoms in total. The maximum Gasteiger partial charge on any atom is 0.338 e. The summed E-state index contributed by atoms with van der Waals surface area (Å²) in [5.41, 5.74) is 2.74. The van der Waals surface area contributed by atoms with Crippen molar-refractivity contribution in [2.24, 2.45) is 0 Å². The van der Waals surface area contributed by atoms with Crippen molar-refractivity contribution in [3.63, 3.8) is 0 Å². The Morgan fingerprint density at radius 2 is 1.75 bits per heavy atom. The predicted molar refractivity (Wildman–Crippen MR) is 105 cm³/mol. The number of hydrogen-bond acceptors (Lipinski definition) is 5. The fourth-order valence-electron chi connectivity index (χ4n) is 3.09. The maximum absolute atomic E-state index is 12.3. The van der Waals surface area contributed by atoms with E-state index in [0.29, 0.717) is 24.2 Å².